The molecule has 0 radical (unpaired) electrons. The minimum Gasteiger partial charge on any atom is -0.371 e. The first-order chi connectivity index (χ1) is 8.56. The fraction of sp³-hybridized carbons (Fsp3) is 0.600. The van der Waals surface area contributed by atoms with Gasteiger partial charge in [-0.3, -0.25) is 0 Å². The number of nitrogens with one attached hydrogen (secondary N) is 1. The van der Waals surface area contributed by atoms with Crippen molar-refractivity contribution in [2.45, 2.75) is 20.8 Å². The number of aryl methyl sites for hydroxylation is 1. The second-order valence-corrected chi connectivity index (χ2v) is 5.71. The second-order valence-electron chi connectivity index (χ2n) is 5.71. The van der Waals surface area contributed by atoms with E-state index in [2.05, 4.69) is 24.1 Å². The first-order valence-corrected chi connectivity index (χ1v) is 6.78. The van der Waals surface area contributed by atoms with Crippen molar-refractivity contribution >= 4 is 5.69 Å². The minimum atomic E-state index is -0.104. The molecule has 2 atom stereocenters. The Labute approximate surface area is 109 Å². The van der Waals surface area contributed by atoms with Crippen molar-refractivity contribution in [3.63, 3.8) is 0 Å². The predicted octanol–water partition coefficient (Wildman–Crippen LogP) is 2.82. The van der Waals surface area contributed by atoms with Crippen molar-refractivity contribution in [1.29, 1.82) is 0 Å². The van der Waals surface area contributed by atoms with Crippen molar-refractivity contribution in [3.8, 4) is 0 Å². The van der Waals surface area contributed by atoms with Crippen LogP contribution >= 0.6 is 0 Å². The molecule has 1 N–H and O–H groups in total. The number of nitrogens with zero attached hydrogens (tertiary/aromatic N) is 1. The molecule has 0 bridgehead atoms. The van der Waals surface area contributed by atoms with Gasteiger partial charge in [0, 0.05) is 18.8 Å². The Hall–Kier alpha value is -1.09. The first kappa shape index (κ1) is 13.3. The summed E-state index contributed by atoms with van der Waals surface area (Å²) >= 11 is 0. The molecule has 1 aliphatic heterocycles. The van der Waals surface area contributed by atoms with Gasteiger partial charge in [0.15, 0.2) is 0 Å². The van der Waals surface area contributed by atoms with Crippen molar-refractivity contribution in [1.82, 2.24) is 5.32 Å². The Kier molecular flexibility index (Phi) is 4.23. The van der Waals surface area contributed by atoms with Crippen LogP contribution < -0.4 is 10.2 Å². The summed E-state index contributed by atoms with van der Waals surface area (Å²) in [5.74, 6) is 1.07. The highest BCUT2D eigenvalue weighted by atomic mass is 19.1. The standard InChI is InChI=1S/C15H23FN2/c1-11-7-17-8-12(2)10-18(9-11)14-5-4-13(3)15(16)6-14/h4-6,11-12,17H,7-10H2,1-3H3. The third-order valence-corrected chi connectivity index (χ3v) is 3.57. The van der Waals surface area contributed by atoms with E-state index >= 15 is 0 Å². The number of hydrogen-bond acceptors (Lipinski definition) is 2. The van der Waals surface area contributed by atoms with Crippen molar-refractivity contribution in [2.24, 2.45) is 11.8 Å². The quantitative estimate of drug-likeness (QED) is 0.824. The van der Waals surface area contributed by atoms with Gasteiger partial charge in [0.1, 0.15) is 5.82 Å². The van der Waals surface area contributed by atoms with Gasteiger partial charge < -0.3 is 10.2 Å². The molecule has 0 amide bonds. The molecule has 1 heterocycles. The van der Waals surface area contributed by atoms with Gasteiger partial charge in [-0.25, -0.2) is 4.39 Å². The van der Waals surface area contributed by atoms with Crippen LogP contribution in [0.15, 0.2) is 18.2 Å². The number of hydrogen-bond donors (Lipinski definition) is 1. The minimum absolute atomic E-state index is 0.104. The van der Waals surface area contributed by atoms with Gasteiger partial charge in [-0.1, -0.05) is 19.9 Å². The Morgan fingerprint density at radius 1 is 1.17 bits per heavy atom. The van der Waals surface area contributed by atoms with Gasteiger partial charge in [0.2, 0.25) is 0 Å². The molecular formula is C15H23FN2. The van der Waals surface area contributed by atoms with Crippen LogP contribution in [0.3, 0.4) is 0 Å². The summed E-state index contributed by atoms with van der Waals surface area (Å²) in [5.41, 5.74) is 1.73. The molecule has 1 aliphatic rings. The van der Waals surface area contributed by atoms with E-state index < -0.39 is 0 Å². The second kappa shape index (κ2) is 5.70. The van der Waals surface area contributed by atoms with E-state index in [0.717, 1.165) is 31.9 Å². The molecule has 1 saturated heterocycles. The first-order valence-electron chi connectivity index (χ1n) is 6.78. The Balaban J connectivity index is 2.19. The molecule has 18 heavy (non-hydrogen) atoms. The molecule has 0 aromatic heterocycles. The number of rotatable bonds is 1. The summed E-state index contributed by atoms with van der Waals surface area (Å²) in [6.07, 6.45) is 0. The fourth-order valence-corrected chi connectivity index (χ4v) is 2.52. The fourth-order valence-electron chi connectivity index (χ4n) is 2.52. The highest BCUT2D eigenvalue weighted by molar-refractivity contribution is 5.48. The van der Waals surface area contributed by atoms with E-state index in [1.54, 1.807) is 6.07 Å². The Morgan fingerprint density at radius 2 is 1.78 bits per heavy atom. The molecule has 2 rings (SSSR count). The molecule has 2 unspecified atom stereocenters. The molecule has 1 fully saturated rings. The third kappa shape index (κ3) is 3.22. The summed E-state index contributed by atoms with van der Waals surface area (Å²) in [7, 11) is 0. The average molecular weight is 250 g/mol. The summed E-state index contributed by atoms with van der Waals surface area (Å²) in [6, 6.07) is 5.58. The zero-order valence-corrected chi connectivity index (χ0v) is 11.5. The number of halogens is 1. The molecule has 3 heteroatoms. The summed E-state index contributed by atoms with van der Waals surface area (Å²) in [4.78, 5) is 2.32. The lowest BCUT2D eigenvalue weighted by atomic mass is 10.0. The van der Waals surface area contributed by atoms with Crippen molar-refractivity contribution in [2.75, 3.05) is 31.1 Å². The molecule has 1 aromatic rings. The average Bonchev–Trinajstić information content (AvgIpc) is 2.29. The van der Waals surface area contributed by atoms with Gasteiger partial charge in [-0.05, 0) is 49.5 Å². The van der Waals surface area contributed by atoms with Gasteiger partial charge in [-0.15, -0.1) is 0 Å². The molecule has 1 aromatic carbocycles. The van der Waals surface area contributed by atoms with Crippen LogP contribution in [0.4, 0.5) is 10.1 Å². The maximum Gasteiger partial charge on any atom is 0.128 e. The lowest BCUT2D eigenvalue weighted by Crippen LogP contribution is -2.42. The maximum absolute atomic E-state index is 13.7. The number of benzene rings is 1. The van der Waals surface area contributed by atoms with Gasteiger partial charge in [0.25, 0.3) is 0 Å². The topological polar surface area (TPSA) is 15.3 Å². The smallest absolute Gasteiger partial charge is 0.128 e. The van der Waals surface area contributed by atoms with E-state index in [-0.39, 0.29) is 5.82 Å². The van der Waals surface area contributed by atoms with E-state index in [9.17, 15) is 4.39 Å². The van der Waals surface area contributed by atoms with E-state index in [1.165, 1.54) is 0 Å². The molecule has 100 valence electrons. The van der Waals surface area contributed by atoms with Crippen LogP contribution in [-0.4, -0.2) is 26.2 Å². The van der Waals surface area contributed by atoms with Crippen LogP contribution in [0.5, 0.6) is 0 Å². The lowest BCUT2D eigenvalue weighted by Gasteiger charge is -2.33. The summed E-state index contributed by atoms with van der Waals surface area (Å²) in [5, 5.41) is 3.48. The molecule has 0 saturated carbocycles. The van der Waals surface area contributed by atoms with Crippen LogP contribution in [0.2, 0.25) is 0 Å². The van der Waals surface area contributed by atoms with E-state index in [1.807, 2.05) is 19.1 Å². The monoisotopic (exact) mass is 250 g/mol. The molecule has 2 nitrogen and oxygen atoms in total. The largest absolute Gasteiger partial charge is 0.371 e. The highest BCUT2D eigenvalue weighted by Crippen LogP contribution is 2.21. The normalized spacial score (nSPS) is 25.7. The van der Waals surface area contributed by atoms with Crippen LogP contribution in [0, 0.1) is 24.6 Å². The Morgan fingerprint density at radius 3 is 2.33 bits per heavy atom. The van der Waals surface area contributed by atoms with Gasteiger partial charge in [-0.2, -0.15) is 0 Å². The van der Waals surface area contributed by atoms with E-state index in [4.69, 9.17) is 0 Å². The zero-order chi connectivity index (χ0) is 13.1. The lowest BCUT2D eigenvalue weighted by molar-refractivity contribution is 0.410. The van der Waals surface area contributed by atoms with Gasteiger partial charge >= 0.3 is 0 Å². The van der Waals surface area contributed by atoms with Crippen LogP contribution in [0.25, 0.3) is 0 Å². The molecular weight excluding hydrogens is 227 g/mol. The molecule has 0 spiro atoms. The third-order valence-electron chi connectivity index (χ3n) is 3.57. The molecule has 0 aliphatic carbocycles. The Bertz CT molecular complexity index is 393. The van der Waals surface area contributed by atoms with E-state index in [0.29, 0.717) is 17.4 Å². The van der Waals surface area contributed by atoms with Crippen molar-refractivity contribution < 1.29 is 4.39 Å². The van der Waals surface area contributed by atoms with Crippen LogP contribution in [-0.2, 0) is 0 Å². The van der Waals surface area contributed by atoms with Gasteiger partial charge in [0.05, 0.1) is 0 Å². The highest BCUT2D eigenvalue weighted by Gasteiger charge is 2.18. The van der Waals surface area contributed by atoms with Crippen molar-refractivity contribution in [3.05, 3.63) is 29.6 Å². The summed E-state index contributed by atoms with van der Waals surface area (Å²) < 4.78 is 13.7. The predicted molar refractivity (Wildman–Crippen MR) is 74.5 cm³/mol. The maximum atomic E-state index is 13.7. The summed E-state index contributed by atoms with van der Waals surface area (Å²) in [6.45, 7) is 10.3. The zero-order valence-electron chi connectivity index (χ0n) is 11.5. The number of anilines is 1. The van der Waals surface area contributed by atoms with Crippen LogP contribution in [0.1, 0.15) is 19.4 Å². The SMILES string of the molecule is Cc1ccc(N2CC(C)CNCC(C)C2)cc1F.